The predicted molar refractivity (Wildman–Crippen MR) is 70.6 cm³/mol. The third kappa shape index (κ3) is 3.65. The van der Waals surface area contributed by atoms with Crippen LogP contribution >= 0.6 is 31.9 Å². The van der Waals surface area contributed by atoms with Crippen molar-refractivity contribution in [1.29, 1.82) is 0 Å². The topological polar surface area (TPSA) is 29.3 Å². The second-order valence-electron chi connectivity index (χ2n) is 3.08. The van der Waals surface area contributed by atoms with E-state index in [-0.39, 0.29) is 5.82 Å². The molecule has 0 saturated heterocycles. The van der Waals surface area contributed by atoms with Crippen molar-refractivity contribution in [2.24, 2.45) is 0 Å². The summed E-state index contributed by atoms with van der Waals surface area (Å²) in [6.07, 6.45) is 0. The highest BCUT2D eigenvalue weighted by molar-refractivity contribution is 9.09. The molecule has 1 aromatic rings. The molecule has 0 aliphatic heterocycles. The van der Waals surface area contributed by atoms with Gasteiger partial charge in [0.25, 0.3) is 0 Å². The Morgan fingerprint density at radius 1 is 1.20 bits per heavy atom. The summed E-state index contributed by atoms with van der Waals surface area (Å²) in [7, 11) is 0. The van der Waals surface area contributed by atoms with Crippen molar-refractivity contribution in [1.82, 2.24) is 0 Å². The van der Waals surface area contributed by atoms with Gasteiger partial charge in [-0.25, -0.2) is 4.39 Å². The Bertz CT molecular complexity index is 314. The fraction of sp³-hybridized carbons (Fsp3) is 0.400. The molecule has 2 nitrogen and oxygen atoms in total. The fourth-order valence-corrected chi connectivity index (χ4v) is 2.19. The summed E-state index contributed by atoms with van der Waals surface area (Å²) in [6.45, 7) is 1.54. The SMILES string of the molecule is Nc1ccc(N(CCBr)CCBr)c(F)c1. The first-order valence-electron chi connectivity index (χ1n) is 4.61. The zero-order chi connectivity index (χ0) is 11.3. The minimum atomic E-state index is -0.267. The number of anilines is 2. The number of benzene rings is 1. The molecule has 1 aromatic carbocycles. The van der Waals surface area contributed by atoms with Gasteiger partial charge in [0.2, 0.25) is 0 Å². The van der Waals surface area contributed by atoms with Gasteiger partial charge >= 0.3 is 0 Å². The molecule has 0 atom stereocenters. The van der Waals surface area contributed by atoms with E-state index >= 15 is 0 Å². The highest BCUT2D eigenvalue weighted by Crippen LogP contribution is 2.21. The highest BCUT2D eigenvalue weighted by atomic mass is 79.9. The number of hydrogen-bond acceptors (Lipinski definition) is 2. The summed E-state index contributed by atoms with van der Waals surface area (Å²) in [5, 5.41) is 1.62. The van der Waals surface area contributed by atoms with E-state index in [1.165, 1.54) is 6.07 Å². The van der Waals surface area contributed by atoms with Gasteiger partial charge in [-0.05, 0) is 18.2 Å². The molecule has 1 rings (SSSR count). The van der Waals surface area contributed by atoms with E-state index in [2.05, 4.69) is 31.9 Å². The van der Waals surface area contributed by atoms with Gasteiger partial charge in [0.05, 0.1) is 5.69 Å². The summed E-state index contributed by atoms with van der Waals surface area (Å²) >= 11 is 6.70. The monoisotopic (exact) mass is 338 g/mol. The first-order chi connectivity index (χ1) is 7.19. The first kappa shape index (κ1) is 12.8. The zero-order valence-corrected chi connectivity index (χ0v) is 11.4. The third-order valence-corrected chi connectivity index (χ3v) is 2.73. The second-order valence-corrected chi connectivity index (χ2v) is 4.66. The van der Waals surface area contributed by atoms with E-state index in [0.29, 0.717) is 11.4 Å². The molecular weight excluding hydrogens is 327 g/mol. The van der Waals surface area contributed by atoms with Crippen molar-refractivity contribution in [3.8, 4) is 0 Å². The van der Waals surface area contributed by atoms with Crippen molar-refractivity contribution < 1.29 is 4.39 Å². The van der Waals surface area contributed by atoms with Gasteiger partial charge in [-0.15, -0.1) is 0 Å². The molecule has 0 spiro atoms. The number of alkyl halides is 2. The Morgan fingerprint density at radius 3 is 2.27 bits per heavy atom. The lowest BCUT2D eigenvalue weighted by Gasteiger charge is -2.23. The smallest absolute Gasteiger partial charge is 0.148 e. The summed E-state index contributed by atoms with van der Waals surface area (Å²) < 4.78 is 13.6. The normalized spacial score (nSPS) is 10.3. The Morgan fingerprint density at radius 2 is 1.80 bits per heavy atom. The van der Waals surface area contributed by atoms with E-state index in [1.54, 1.807) is 12.1 Å². The quantitative estimate of drug-likeness (QED) is 0.660. The van der Waals surface area contributed by atoms with E-state index in [9.17, 15) is 4.39 Å². The molecule has 0 saturated carbocycles. The molecule has 0 unspecified atom stereocenters. The molecule has 0 fully saturated rings. The number of rotatable bonds is 5. The van der Waals surface area contributed by atoms with Crippen LogP contribution < -0.4 is 10.6 Å². The van der Waals surface area contributed by atoms with Crippen LogP contribution in [0.4, 0.5) is 15.8 Å². The maximum Gasteiger partial charge on any atom is 0.148 e. The molecule has 0 aliphatic carbocycles. The van der Waals surface area contributed by atoms with Crippen LogP contribution in [0.2, 0.25) is 0 Å². The molecular formula is C10H13Br2FN2. The second kappa shape index (κ2) is 6.33. The number of halogens is 3. The van der Waals surface area contributed by atoms with Crippen LogP contribution in [0.1, 0.15) is 0 Å². The number of hydrogen-bond donors (Lipinski definition) is 1. The lowest BCUT2D eigenvalue weighted by Crippen LogP contribution is -2.28. The Balaban J connectivity index is 2.89. The highest BCUT2D eigenvalue weighted by Gasteiger charge is 2.10. The van der Waals surface area contributed by atoms with Gasteiger partial charge < -0.3 is 10.6 Å². The Labute approximate surface area is 106 Å². The largest absolute Gasteiger partial charge is 0.399 e. The van der Waals surface area contributed by atoms with Gasteiger partial charge in [0, 0.05) is 29.4 Å². The predicted octanol–water partition coefficient (Wildman–Crippen LogP) is 3.00. The third-order valence-electron chi connectivity index (χ3n) is 2.02. The van der Waals surface area contributed by atoms with Gasteiger partial charge in [-0.1, -0.05) is 31.9 Å². The van der Waals surface area contributed by atoms with Crippen molar-refractivity contribution in [2.45, 2.75) is 0 Å². The van der Waals surface area contributed by atoms with Crippen LogP contribution in [0.25, 0.3) is 0 Å². The standard InChI is InChI=1S/C10H13Br2FN2/c11-3-5-15(6-4-12)10-2-1-8(14)7-9(10)13/h1-2,7H,3-6,14H2. The fourth-order valence-electron chi connectivity index (χ4n) is 1.34. The minimum absolute atomic E-state index is 0.267. The van der Waals surface area contributed by atoms with E-state index in [4.69, 9.17) is 5.73 Å². The number of nitrogens with zero attached hydrogens (tertiary/aromatic N) is 1. The molecule has 15 heavy (non-hydrogen) atoms. The molecule has 5 heteroatoms. The summed E-state index contributed by atoms with van der Waals surface area (Å²) in [4.78, 5) is 1.97. The van der Waals surface area contributed by atoms with Crippen molar-refractivity contribution in [3.05, 3.63) is 24.0 Å². The van der Waals surface area contributed by atoms with E-state index < -0.39 is 0 Å². The average molecular weight is 340 g/mol. The van der Waals surface area contributed by atoms with Crippen LogP contribution in [0.3, 0.4) is 0 Å². The Kier molecular flexibility index (Phi) is 5.39. The minimum Gasteiger partial charge on any atom is -0.399 e. The number of nitrogen functional groups attached to an aromatic ring is 1. The van der Waals surface area contributed by atoms with Gasteiger partial charge in [0.1, 0.15) is 5.82 Å². The first-order valence-corrected chi connectivity index (χ1v) is 6.85. The van der Waals surface area contributed by atoms with Crippen molar-refractivity contribution >= 4 is 43.2 Å². The van der Waals surface area contributed by atoms with E-state index in [0.717, 1.165) is 23.7 Å². The van der Waals surface area contributed by atoms with Crippen LogP contribution in [0.15, 0.2) is 18.2 Å². The van der Waals surface area contributed by atoms with E-state index in [1.807, 2.05) is 4.90 Å². The van der Waals surface area contributed by atoms with Gasteiger partial charge in [-0.3, -0.25) is 0 Å². The van der Waals surface area contributed by atoms with Crippen molar-refractivity contribution in [3.63, 3.8) is 0 Å². The Hall–Kier alpha value is -0.290. The zero-order valence-electron chi connectivity index (χ0n) is 8.22. The van der Waals surface area contributed by atoms with Crippen LogP contribution in [0.5, 0.6) is 0 Å². The molecule has 0 bridgehead atoms. The van der Waals surface area contributed by atoms with Crippen LogP contribution in [0, 0.1) is 5.82 Å². The maximum atomic E-state index is 13.6. The lowest BCUT2D eigenvalue weighted by atomic mass is 10.2. The summed E-state index contributed by atoms with van der Waals surface area (Å²) in [5.74, 6) is -0.267. The molecule has 0 aliphatic rings. The summed E-state index contributed by atoms with van der Waals surface area (Å²) in [6, 6.07) is 4.79. The van der Waals surface area contributed by atoms with Crippen molar-refractivity contribution in [2.75, 3.05) is 34.4 Å². The van der Waals surface area contributed by atoms with Gasteiger partial charge in [0.15, 0.2) is 0 Å². The molecule has 0 amide bonds. The van der Waals surface area contributed by atoms with Gasteiger partial charge in [-0.2, -0.15) is 0 Å². The number of nitrogens with two attached hydrogens (primary N) is 1. The molecule has 0 radical (unpaired) electrons. The molecule has 84 valence electrons. The molecule has 0 heterocycles. The maximum absolute atomic E-state index is 13.6. The lowest BCUT2D eigenvalue weighted by molar-refractivity contribution is 0.621. The van der Waals surface area contributed by atoms with Crippen LogP contribution in [-0.4, -0.2) is 23.7 Å². The molecule has 2 N–H and O–H groups in total. The summed E-state index contributed by atoms with van der Waals surface area (Å²) in [5.41, 5.74) is 6.55. The molecule has 0 aromatic heterocycles. The van der Waals surface area contributed by atoms with Crippen LogP contribution in [-0.2, 0) is 0 Å². The average Bonchev–Trinajstić information content (AvgIpc) is 2.17.